The van der Waals surface area contributed by atoms with Crippen molar-refractivity contribution in [1.29, 1.82) is 0 Å². The summed E-state index contributed by atoms with van der Waals surface area (Å²) in [6, 6.07) is 0.963. The molecule has 0 amide bonds. The second kappa shape index (κ2) is 5.54. The van der Waals surface area contributed by atoms with Crippen LogP contribution in [0.2, 0.25) is 0 Å². The third kappa shape index (κ3) is 2.40. The lowest BCUT2D eigenvalue weighted by Gasteiger charge is -2.29. The van der Waals surface area contributed by atoms with E-state index in [1.54, 1.807) is 6.92 Å². The second-order valence-corrected chi connectivity index (χ2v) is 5.19. The number of aromatic amines is 1. The first kappa shape index (κ1) is 16.2. The lowest BCUT2D eigenvalue weighted by molar-refractivity contribution is -0.136. The van der Waals surface area contributed by atoms with Gasteiger partial charge in [-0.3, -0.25) is 14.3 Å². The van der Waals surface area contributed by atoms with Crippen molar-refractivity contribution in [3.63, 3.8) is 0 Å². The molecule has 0 aliphatic carbocycles. The molecule has 2 rings (SSSR count). The molecular formula is C12H15F2N5O3. The average molecular weight is 315 g/mol. The van der Waals surface area contributed by atoms with Gasteiger partial charge in [-0.05, 0) is 12.0 Å². The molecule has 0 bridgehead atoms. The van der Waals surface area contributed by atoms with Crippen LogP contribution in [0.3, 0.4) is 0 Å². The summed E-state index contributed by atoms with van der Waals surface area (Å²) in [5.41, 5.74) is 5.38. The minimum Gasteiger partial charge on any atom is -0.344 e. The van der Waals surface area contributed by atoms with E-state index in [-0.39, 0.29) is 13.0 Å². The molecule has 1 aromatic heterocycles. The van der Waals surface area contributed by atoms with Crippen LogP contribution in [-0.4, -0.2) is 27.6 Å². The molecule has 0 aromatic carbocycles. The summed E-state index contributed by atoms with van der Waals surface area (Å²) in [5.74, 6) is -4.65. The highest BCUT2D eigenvalue weighted by Crippen LogP contribution is 2.52. The Kier molecular flexibility index (Phi) is 4.08. The van der Waals surface area contributed by atoms with Gasteiger partial charge in [0.1, 0.15) is 0 Å². The Hall–Kier alpha value is -2.19. The highest BCUT2D eigenvalue weighted by molar-refractivity contribution is 5.04. The molecule has 3 atom stereocenters. The van der Waals surface area contributed by atoms with Crippen molar-refractivity contribution in [2.24, 2.45) is 11.0 Å². The standard InChI is InChI=1S/C12H15F2N5O3/c1-3-11(6-16-18-15)7(2)12(13,14)9(22-11)19-5-4-8(20)17-10(19)21/h4-5,7,9H,3,6H2,1-2H3,(H,17,20,21)/t7-,9-,11+/m1/s1. The number of alkyl halides is 2. The van der Waals surface area contributed by atoms with Gasteiger partial charge in [0.25, 0.3) is 11.5 Å². The summed E-state index contributed by atoms with van der Waals surface area (Å²) < 4.78 is 35.2. The number of aromatic nitrogens is 2. The number of nitrogens with one attached hydrogen (secondary N) is 1. The smallest absolute Gasteiger partial charge is 0.330 e. The van der Waals surface area contributed by atoms with Crippen molar-refractivity contribution in [3.8, 4) is 0 Å². The van der Waals surface area contributed by atoms with E-state index in [2.05, 4.69) is 10.0 Å². The molecule has 0 saturated carbocycles. The molecule has 1 N–H and O–H groups in total. The zero-order chi connectivity index (χ0) is 16.5. The Morgan fingerprint density at radius 2 is 2.23 bits per heavy atom. The van der Waals surface area contributed by atoms with Gasteiger partial charge in [0, 0.05) is 17.2 Å². The molecule has 0 radical (unpaired) electrons. The van der Waals surface area contributed by atoms with Crippen LogP contribution in [0.15, 0.2) is 27.0 Å². The quantitative estimate of drug-likeness (QED) is 0.519. The predicted molar refractivity (Wildman–Crippen MR) is 72.6 cm³/mol. The first-order valence-electron chi connectivity index (χ1n) is 6.66. The van der Waals surface area contributed by atoms with Crippen LogP contribution in [0.4, 0.5) is 8.78 Å². The molecule has 120 valence electrons. The molecule has 1 aromatic rings. The average Bonchev–Trinajstić information content (AvgIpc) is 2.67. The van der Waals surface area contributed by atoms with E-state index in [1.165, 1.54) is 6.92 Å². The summed E-state index contributed by atoms with van der Waals surface area (Å²) in [5, 5.41) is 3.35. The molecule has 1 aliphatic heterocycles. The molecule has 10 heteroatoms. The molecule has 1 aliphatic rings. The number of hydrogen-bond acceptors (Lipinski definition) is 4. The summed E-state index contributed by atoms with van der Waals surface area (Å²) in [6.07, 6.45) is -0.732. The van der Waals surface area contributed by atoms with Gasteiger partial charge < -0.3 is 4.74 Å². The number of rotatable bonds is 4. The van der Waals surface area contributed by atoms with E-state index in [0.29, 0.717) is 4.57 Å². The predicted octanol–water partition coefficient (Wildman–Crippen LogP) is 1.80. The van der Waals surface area contributed by atoms with Gasteiger partial charge in [-0.15, -0.1) is 0 Å². The van der Waals surface area contributed by atoms with Gasteiger partial charge in [-0.1, -0.05) is 19.0 Å². The second-order valence-electron chi connectivity index (χ2n) is 5.19. The molecule has 1 fully saturated rings. The van der Waals surface area contributed by atoms with Gasteiger partial charge in [-0.2, -0.15) is 0 Å². The number of ether oxygens (including phenoxy) is 1. The fourth-order valence-corrected chi connectivity index (χ4v) is 2.65. The fraction of sp³-hybridized carbons (Fsp3) is 0.667. The van der Waals surface area contributed by atoms with Crippen molar-refractivity contribution in [2.45, 2.75) is 38.0 Å². The number of azide groups is 1. The number of H-pyrrole nitrogens is 1. The summed E-state index contributed by atoms with van der Waals surface area (Å²) in [7, 11) is 0. The Morgan fingerprint density at radius 3 is 2.77 bits per heavy atom. The van der Waals surface area contributed by atoms with Gasteiger partial charge in [0.05, 0.1) is 18.1 Å². The van der Waals surface area contributed by atoms with Crippen molar-refractivity contribution in [2.75, 3.05) is 6.54 Å². The normalized spacial score (nSPS) is 30.0. The zero-order valence-corrected chi connectivity index (χ0v) is 12.0. The van der Waals surface area contributed by atoms with Crippen molar-refractivity contribution in [3.05, 3.63) is 43.5 Å². The Morgan fingerprint density at radius 1 is 1.55 bits per heavy atom. The van der Waals surface area contributed by atoms with E-state index >= 15 is 0 Å². The fourth-order valence-electron chi connectivity index (χ4n) is 2.65. The summed E-state index contributed by atoms with van der Waals surface area (Å²) >= 11 is 0. The summed E-state index contributed by atoms with van der Waals surface area (Å²) in [4.78, 5) is 27.3. The third-order valence-electron chi connectivity index (χ3n) is 4.15. The van der Waals surface area contributed by atoms with Crippen LogP contribution in [0.25, 0.3) is 10.4 Å². The van der Waals surface area contributed by atoms with Crippen LogP contribution in [0.5, 0.6) is 0 Å². The highest BCUT2D eigenvalue weighted by atomic mass is 19.3. The monoisotopic (exact) mass is 315 g/mol. The molecule has 0 unspecified atom stereocenters. The van der Waals surface area contributed by atoms with E-state index in [9.17, 15) is 18.4 Å². The van der Waals surface area contributed by atoms with E-state index in [0.717, 1.165) is 12.3 Å². The van der Waals surface area contributed by atoms with E-state index in [4.69, 9.17) is 10.3 Å². The first-order chi connectivity index (χ1) is 10.3. The molecule has 0 spiro atoms. The Labute approximate surface area is 123 Å². The maximum absolute atomic E-state index is 14.6. The van der Waals surface area contributed by atoms with Gasteiger partial charge in [0.2, 0.25) is 6.23 Å². The van der Waals surface area contributed by atoms with Gasteiger partial charge in [-0.25, -0.2) is 13.6 Å². The van der Waals surface area contributed by atoms with Gasteiger partial charge >= 0.3 is 5.69 Å². The maximum atomic E-state index is 14.6. The number of hydrogen-bond donors (Lipinski definition) is 1. The summed E-state index contributed by atoms with van der Waals surface area (Å²) in [6.45, 7) is 2.65. The van der Waals surface area contributed by atoms with Crippen molar-refractivity contribution >= 4 is 0 Å². The molecule has 8 nitrogen and oxygen atoms in total. The minimum atomic E-state index is -3.37. The minimum absolute atomic E-state index is 0.178. The van der Waals surface area contributed by atoms with Crippen LogP contribution in [0, 0.1) is 5.92 Å². The van der Waals surface area contributed by atoms with Crippen LogP contribution in [0.1, 0.15) is 26.5 Å². The first-order valence-corrected chi connectivity index (χ1v) is 6.66. The van der Waals surface area contributed by atoms with Gasteiger partial charge in [0.15, 0.2) is 0 Å². The Balaban J connectivity index is 2.51. The SMILES string of the molecule is CC[C@@]1(CN=[N+]=[N-])O[C@@H](n2ccc(=O)[nH]c2=O)C(F)(F)[C@@H]1C. The number of halogens is 2. The topological polar surface area (TPSA) is 113 Å². The lowest BCUT2D eigenvalue weighted by atomic mass is 9.84. The lowest BCUT2D eigenvalue weighted by Crippen LogP contribution is -2.41. The Bertz CT molecular complexity index is 724. The zero-order valence-electron chi connectivity index (χ0n) is 12.0. The van der Waals surface area contributed by atoms with E-state index in [1.807, 2.05) is 4.98 Å². The van der Waals surface area contributed by atoms with Crippen molar-refractivity contribution < 1.29 is 13.5 Å². The highest BCUT2D eigenvalue weighted by Gasteiger charge is 2.63. The van der Waals surface area contributed by atoms with Crippen LogP contribution < -0.4 is 11.2 Å². The molecule has 2 heterocycles. The van der Waals surface area contributed by atoms with E-state index < -0.39 is 34.9 Å². The molecule has 22 heavy (non-hydrogen) atoms. The molecule has 1 saturated heterocycles. The molecular weight excluding hydrogens is 300 g/mol. The van der Waals surface area contributed by atoms with Crippen LogP contribution in [-0.2, 0) is 4.74 Å². The van der Waals surface area contributed by atoms with Crippen molar-refractivity contribution in [1.82, 2.24) is 9.55 Å². The maximum Gasteiger partial charge on any atom is 0.330 e. The third-order valence-corrected chi connectivity index (χ3v) is 4.15. The van der Waals surface area contributed by atoms with Crippen LogP contribution >= 0.6 is 0 Å². The number of nitrogens with zero attached hydrogens (tertiary/aromatic N) is 4. The largest absolute Gasteiger partial charge is 0.344 e.